The highest BCUT2D eigenvalue weighted by atomic mass is 16.5. The van der Waals surface area contributed by atoms with Gasteiger partial charge in [-0.2, -0.15) is 0 Å². The second kappa shape index (κ2) is 18.7. The number of ether oxygens (including phenoxy) is 2. The van der Waals surface area contributed by atoms with E-state index < -0.39 is 0 Å². The zero-order valence-corrected chi connectivity index (χ0v) is 25.5. The van der Waals surface area contributed by atoms with Crippen molar-refractivity contribution in [3.63, 3.8) is 0 Å². The Morgan fingerprint density at radius 1 is 0.875 bits per heavy atom. The first-order chi connectivity index (χ1) is 19.6. The van der Waals surface area contributed by atoms with Crippen LogP contribution in [0.2, 0.25) is 0 Å². The summed E-state index contributed by atoms with van der Waals surface area (Å²) in [6.45, 7) is 7.56. The molecule has 3 rings (SSSR count). The van der Waals surface area contributed by atoms with Crippen molar-refractivity contribution in [2.24, 2.45) is 17.8 Å². The van der Waals surface area contributed by atoms with E-state index in [4.69, 9.17) is 9.47 Å². The summed E-state index contributed by atoms with van der Waals surface area (Å²) in [7, 11) is 0. The van der Waals surface area contributed by atoms with Gasteiger partial charge in [-0.25, -0.2) is 4.79 Å². The number of hydrogen-bond donors (Lipinski definition) is 0. The minimum atomic E-state index is -0.333. The first-order valence-electron chi connectivity index (χ1n) is 16.3. The highest BCUT2D eigenvalue weighted by Crippen LogP contribution is 2.32. The number of benzene rings is 2. The maximum absolute atomic E-state index is 12.6. The van der Waals surface area contributed by atoms with Gasteiger partial charge in [0.05, 0.1) is 12.2 Å². The Bertz CT molecular complexity index is 967. The zero-order chi connectivity index (χ0) is 28.4. The number of rotatable bonds is 18. The SMILES string of the molecule is CCCCCC=CC1CCC(CCc2ccc(OC(=O)c3ccc(OCCCCC[C@@H](C)CC)cc3)cc2)CC1. The van der Waals surface area contributed by atoms with E-state index in [0.717, 1.165) is 36.3 Å². The summed E-state index contributed by atoms with van der Waals surface area (Å²) in [5, 5.41) is 0. The number of allylic oxidation sites excluding steroid dienone is 2. The first kappa shape index (κ1) is 32.0. The van der Waals surface area contributed by atoms with E-state index in [1.807, 2.05) is 24.3 Å². The number of unbranched alkanes of at least 4 members (excludes halogenated alkanes) is 5. The van der Waals surface area contributed by atoms with Crippen molar-refractivity contribution >= 4 is 5.97 Å². The summed E-state index contributed by atoms with van der Waals surface area (Å²) in [6.07, 6.45) is 24.0. The fourth-order valence-corrected chi connectivity index (χ4v) is 5.58. The van der Waals surface area contributed by atoms with Gasteiger partial charge in [-0.3, -0.25) is 0 Å². The molecule has 0 N–H and O–H groups in total. The van der Waals surface area contributed by atoms with Crippen molar-refractivity contribution in [1.82, 2.24) is 0 Å². The van der Waals surface area contributed by atoms with Crippen LogP contribution in [0.25, 0.3) is 0 Å². The van der Waals surface area contributed by atoms with Gasteiger partial charge in [-0.05, 0) is 118 Å². The first-order valence-corrected chi connectivity index (χ1v) is 16.3. The Labute approximate surface area is 244 Å². The average molecular weight is 547 g/mol. The van der Waals surface area contributed by atoms with Gasteiger partial charge >= 0.3 is 5.97 Å². The summed E-state index contributed by atoms with van der Waals surface area (Å²) >= 11 is 0. The van der Waals surface area contributed by atoms with E-state index in [2.05, 4.69) is 45.1 Å². The Morgan fingerprint density at radius 2 is 1.60 bits per heavy atom. The largest absolute Gasteiger partial charge is 0.494 e. The van der Waals surface area contributed by atoms with Gasteiger partial charge < -0.3 is 9.47 Å². The third kappa shape index (κ3) is 12.3. The van der Waals surface area contributed by atoms with E-state index in [-0.39, 0.29) is 5.97 Å². The third-order valence-electron chi connectivity index (χ3n) is 8.65. The molecular formula is C37H54O3. The van der Waals surface area contributed by atoms with E-state index in [9.17, 15) is 4.79 Å². The standard InChI is InChI=1S/C37H54O3/c1-4-6-7-8-11-14-31-15-17-32(18-16-31)19-20-33-21-25-36(26-22-33)40-37(38)34-23-27-35(28-24-34)39-29-12-9-10-13-30(3)5-2/h11,14,21-28,30-32H,4-10,12-13,15-20,29H2,1-3H3/t30-,31?,32?/m0/s1. The Morgan fingerprint density at radius 3 is 2.30 bits per heavy atom. The van der Waals surface area contributed by atoms with Crippen LogP contribution in [0.15, 0.2) is 60.7 Å². The van der Waals surface area contributed by atoms with Crippen LogP contribution in [0.4, 0.5) is 0 Å². The molecule has 0 aromatic heterocycles. The lowest BCUT2D eigenvalue weighted by Gasteiger charge is -2.26. The molecule has 1 saturated carbocycles. The molecule has 0 amide bonds. The topological polar surface area (TPSA) is 35.5 Å². The van der Waals surface area contributed by atoms with Crippen LogP contribution in [-0.2, 0) is 6.42 Å². The number of carbonyl (C=O) groups excluding carboxylic acids is 1. The van der Waals surface area contributed by atoms with Gasteiger partial charge in [0.1, 0.15) is 11.5 Å². The number of hydrogen-bond acceptors (Lipinski definition) is 3. The summed E-state index contributed by atoms with van der Waals surface area (Å²) < 4.78 is 11.5. The maximum Gasteiger partial charge on any atom is 0.343 e. The molecule has 3 heteroatoms. The van der Waals surface area contributed by atoms with E-state index in [1.54, 1.807) is 12.1 Å². The number of esters is 1. The molecule has 40 heavy (non-hydrogen) atoms. The fourth-order valence-electron chi connectivity index (χ4n) is 5.58. The summed E-state index contributed by atoms with van der Waals surface area (Å²) in [5.74, 6) is 3.51. The molecule has 1 fully saturated rings. The maximum atomic E-state index is 12.6. The van der Waals surface area contributed by atoms with Crippen LogP contribution in [0.3, 0.4) is 0 Å². The molecule has 2 aromatic rings. The van der Waals surface area contributed by atoms with Crippen LogP contribution >= 0.6 is 0 Å². The van der Waals surface area contributed by atoms with Crippen LogP contribution in [0, 0.1) is 17.8 Å². The molecule has 0 heterocycles. The quantitative estimate of drug-likeness (QED) is 0.0807. The van der Waals surface area contributed by atoms with E-state index >= 15 is 0 Å². The van der Waals surface area contributed by atoms with Gasteiger partial charge in [-0.15, -0.1) is 0 Å². The lowest BCUT2D eigenvalue weighted by molar-refractivity contribution is 0.0734. The van der Waals surface area contributed by atoms with Crippen molar-refractivity contribution in [2.45, 2.75) is 117 Å². The molecule has 0 radical (unpaired) electrons. The number of carbonyl (C=O) groups is 1. The Balaban J connectivity index is 1.31. The highest BCUT2D eigenvalue weighted by Gasteiger charge is 2.19. The molecule has 0 bridgehead atoms. The molecule has 0 aliphatic heterocycles. The summed E-state index contributed by atoms with van der Waals surface area (Å²) in [5.41, 5.74) is 1.86. The molecule has 0 saturated heterocycles. The van der Waals surface area contributed by atoms with Crippen LogP contribution < -0.4 is 9.47 Å². The minimum Gasteiger partial charge on any atom is -0.494 e. The van der Waals surface area contributed by atoms with Crippen molar-refractivity contribution in [1.29, 1.82) is 0 Å². The summed E-state index contributed by atoms with van der Waals surface area (Å²) in [6, 6.07) is 15.3. The van der Waals surface area contributed by atoms with E-state index in [1.165, 1.54) is 89.0 Å². The van der Waals surface area contributed by atoms with Gasteiger partial charge in [0, 0.05) is 0 Å². The Hall–Kier alpha value is -2.55. The fraction of sp³-hybridized carbons (Fsp3) is 0.595. The van der Waals surface area contributed by atoms with Gasteiger partial charge in [0.15, 0.2) is 0 Å². The second-order valence-electron chi connectivity index (χ2n) is 12.0. The molecule has 1 aliphatic carbocycles. The molecule has 220 valence electrons. The second-order valence-corrected chi connectivity index (χ2v) is 12.0. The van der Waals surface area contributed by atoms with Gasteiger partial charge in [0.2, 0.25) is 0 Å². The molecule has 1 aliphatic rings. The lowest BCUT2D eigenvalue weighted by atomic mass is 9.79. The highest BCUT2D eigenvalue weighted by molar-refractivity contribution is 5.91. The van der Waals surface area contributed by atoms with Gasteiger partial charge in [-0.1, -0.05) is 83.6 Å². The smallest absolute Gasteiger partial charge is 0.343 e. The number of aryl methyl sites for hydroxylation is 1. The van der Waals surface area contributed by atoms with Crippen LogP contribution in [0.5, 0.6) is 11.5 Å². The molecule has 0 unspecified atom stereocenters. The lowest BCUT2D eigenvalue weighted by Crippen LogP contribution is -2.13. The van der Waals surface area contributed by atoms with Crippen molar-refractivity contribution in [3.8, 4) is 11.5 Å². The van der Waals surface area contributed by atoms with Crippen molar-refractivity contribution in [3.05, 3.63) is 71.8 Å². The van der Waals surface area contributed by atoms with Crippen LogP contribution in [-0.4, -0.2) is 12.6 Å². The zero-order valence-electron chi connectivity index (χ0n) is 25.5. The molecule has 2 aromatic carbocycles. The molecule has 0 spiro atoms. The van der Waals surface area contributed by atoms with Gasteiger partial charge in [0.25, 0.3) is 0 Å². The third-order valence-corrected chi connectivity index (χ3v) is 8.65. The summed E-state index contributed by atoms with van der Waals surface area (Å²) in [4.78, 5) is 12.6. The Kier molecular flexibility index (Phi) is 15.0. The molecular weight excluding hydrogens is 492 g/mol. The van der Waals surface area contributed by atoms with Crippen molar-refractivity contribution in [2.75, 3.05) is 6.61 Å². The monoisotopic (exact) mass is 546 g/mol. The van der Waals surface area contributed by atoms with Crippen LogP contribution in [0.1, 0.15) is 127 Å². The minimum absolute atomic E-state index is 0.333. The average Bonchev–Trinajstić information content (AvgIpc) is 2.99. The molecule has 3 nitrogen and oxygen atoms in total. The predicted molar refractivity (Wildman–Crippen MR) is 168 cm³/mol. The predicted octanol–water partition coefficient (Wildman–Crippen LogP) is 10.8. The van der Waals surface area contributed by atoms with Crippen molar-refractivity contribution < 1.29 is 14.3 Å². The normalized spacial score (nSPS) is 18.1. The van der Waals surface area contributed by atoms with E-state index in [0.29, 0.717) is 17.9 Å². The molecule has 1 atom stereocenters.